The van der Waals surface area contributed by atoms with Gasteiger partial charge in [0.15, 0.2) is 0 Å². The number of ether oxygens (including phenoxy) is 1. The molecule has 1 aliphatic heterocycles. The van der Waals surface area contributed by atoms with Gasteiger partial charge in [0.05, 0.1) is 32.6 Å². The number of fused-ring (bicyclic) bond motifs is 1. The highest BCUT2D eigenvalue weighted by Gasteiger charge is 2.25. The number of imidazole rings is 1. The molecule has 0 aliphatic carbocycles. The standard InChI is InChI=1S/C21H15Cl2N3O4S/c1-2-30-18(27)10-26-16-9-14(23)13(22)8-15(16)24-19(26)12-5-3-11(4-6-12)7-17-20(28)25-21(29)31-17/h3-9H,2,10H2,1H3,(H,25,28,29)/b17-7-. The monoisotopic (exact) mass is 475 g/mol. The van der Waals surface area contributed by atoms with Gasteiger partial charge in [-0.05, 0) is 42.5 Å². The van der Waals surface area contributed by atoms with Crippen molar-refractivity contribution in [3.05, 3.63) is 56.9 Å². The van der Waals surface area contributed by atoms with Gasteiger partial charge in [-0.1, -0.05) is 47.5 Å². The number of carbonyl (C=O) groups excluding carboxylic acids is 3. The van der Waals surface area contributed by atoms with E-state index in [1.807, 2.05) is 12.1 Å². The van der Waals surface area contributed by atoms with E-state index in [0.29, 0.717) is 31.8 Å². The second-order valence-corrected chi connectivity index (χ2v) is 8.38. The van der Waals surface area contributed by atoms with Crippen molar-refractivity contribution in [1.82, 2.24) is 14.9 Å². The Kier molecular flexibility index (Phi) is 6.04. The largest absolute Gasteiger partial charge is 0.465 e. The lowest BCUT2D eigenvalue weighted by atomic mass is 10.1. The van der Waals surface area contributed by atoms with Crippen LogP contribution < -0.4 is 5.32 Å². The van der Waals surface area contributed by atoms with Gasteiger partial charge in [-0.3, -0.25) is 19.7 Å². The molecule has 31 heavy (non-hydrogen) atoms. The summed E-state index contributed by atoms with van der Waals surface area (Å²) >= 11 is 13.2. The molecule has 2 aromatic carbocycles. The molecule has 1 saturated heterocycles. The number of amides is 2. The molecule has 3 aromatic rings. The smallest absolute Gasteiger partial charge is 0.326 e. The minimum Gasteiger partial charge on any atom is -0.465 e. The Balaban J connectivity index is 1.74. The van der Waals surface area contributed by atoms with Crippen LogP contribution in [0, 0.1) is 0 Å². The summed E-state index contributed by atoms with van der Waals surface area (Å²) in [7, 11) is 0. The summed E-state index contributed by atoms with van der Waals surface area (Å²) in [6, 6.07) is 10.5. The maximum absolute atomic E-state index is 12.2. The zero-order chi connectivity index (χ0) is 22.1. The Morgan fingerprint density at radius 2 is 1.90 bits per heavy atom. The fourth-order valence-corrected chi connectivity index (χ4v) is 4.14. The maximum Gasteiger partial charge on any atom is 0.326 e. The van der Waals surface area contributed by atoms with E-state index < -0.39 is 17.1 Å². The van der Waals surface area contributed by atoms with Crippen molar-refractivity contribution in [3.63, 3.8) is 0 Å². The van der Waals surface area contributed by atoms with Gasteiger partial charge in [0.25, 0.3) is 11.1 Å². The Morgan fingerprint density at radius 3 is 2.55 bits per heavy atom. The quantitative estimate of drug-likeness (QED) is 0.416. The van der Waals surface area contributed by atoms with Crippen LogP contribution in [-0.4, -0.2) is 33.3 Å². The van der Waals surface area contributed by atoms with Crippen molar-refractivity contribution >= 4 is 69.2 Å². The van der Waals surface area contributed by atoms with Crippen molar-refractivity contribution in [2.45, 2.75) is 13.5 Å². The number of halogens is 2. The van der Waals surface area contributed by atoms with E-state index in [4.69, 9.17) is 27.9 Å². The molecule has 0 atom stereocenters. The number of benzene rings is 2. The number of nitrogens with one attached hydrogen (secondary N) is 1. The van der Waals surface area contributed by atoms with Gasteiger partial charge in [-0.2, -0.15) is 0 Å². The Morgan fingerprint density at radius 1 is 1.19 bits per heavy atom. The molecule has 2 amide bonds. The Hall–Kier alpha value is -2.81. The number of thioether (sulfide) groups is 1. The molecule has 1 N–H and O–H groups in total. The van der Waals surface area contributed by atoms with Crippen molar-refractivity contribution in [3.8, 4) is 11.4 Å². The molecule has 7 nitrogen and oxygen atoms in total. The lowest BCUT2D eigenvalue weighted by molar-refractivity contribution is -0.143. The molecule has 10 heteroatoms. The molecule has 1 aliphatic rings. The number of carbonyl (C=O) groups is 3. The number of aromatic nitrogens is 2. The number of nitrogens with zero attached hydrogens (tertiary/aromatic N) is 2. The van der Waals surface area contributed by atoms with Crippen LogP contribution in [0.4, 0.5) is 4.79 Å². The van der Waals surface area contributed by atoms with Crippen LogP contribution in [0.3, 0.4) is 0 Å². The normalized spacial score (nSPS) is 15.0. The second kappa shape index (κ2) is 8.74. The first kappa shape index (κ1) is 21.4. The van der Waals surface area contributed by atoms with Gasteiger partial charge in [0, 0.05) is 5.56 Å². The van der Waals surface area contributed by atoms with Crippen LogP contribution in [0.1, 0.15) is 12.5 Å². The average molecular weight is 476 g/mol. The van der Waals surface area contributed by atoms with E-state index in [-0.39, 0.29) is 13.2 Å². The zero-order valence-corrected chi connectivity index (χ0v) is 18.5. The molecule has 1 aromatic heterocycles. The maximum atomic E-state index is 12.2. The summed E-state index contributed by atoms with van der Waals surface area (Å²) < 4.78 is 6.82. The SMILES string of the molecule is CCOC(=O)Cn1c(-c2ccc(/C=C3\SC(=O)NC3=O)cc2)nc2cc(Cl)c(Cl)cc21. The van der Waals surface area contributed by atoms with Crippen molar-refractivity contribution in [1.29, 1.82) is 0 Å². The molecule has 0 unspecified atom stereocenters. The minimum absolute atomic E-state index is 0.0393. The summed E-state index contributed by atoms with van der Waals surface area (Å²) in [5, 5.41) is 2.55. The van der Waals surface area contributed by atoms with Gasteiger partial charge in [0.1, 0.15) is 12.4 Å². The summed E-state index contributed by atoms with van der Waals surface area (Å²) in [6.07, 6.45) is 1.63. The third kappa shape index (κ3) is 4.46. The van der Waals surface area contributed by atoms with Crippen molar-refractivity contribution in [2.75, 3.05) is 6.61 Å². The molecule has 1 fully saturated rings. The summed E-state index contributed by atoms with van der Waals surface area (Å²) in [4.78, 5) is 40.2. The molecule has 0 saturated carbocycles. The summed E-state index contributed by atoms with van der Waals surface area (Å²) in [5.41, 5.74) is 2.74. The number of esters is 1. The molecule has 4 rings (SSSR count). The van der Waals surface area contributed by atoms with Crippen LogP contribution in [0.15, 0.2) is 41.3 Å². The average Bonchev–Trinajstić information content (AvgIpc) is 3.22. The van der Waals surface area contributed by atoms with Crippen LogP contribution in [0.25, 0.3) is 28.5 Å². The predicted molar refractivity (Wildman–Crippen MR) is 121 cm³/mol. The molecule has 2 heterocycles. The Labute approximate surface area is 191 Å². The van der Waals surface area contributed by atoms with Crippen LogP contribution >= 0.6 is 35.0 Å². The van der Waals surface area contributed by atoms with Gasteiger partial charge < -0.3 is 9.30 Å². The van der Waals surface area contributed by atoms with Crippen molar-refractivity contribution in [2.24, 2.45) is 0 Å². The van der Waals surface area contributed by atoms with E-state index in [1.165, 1.54) is 0 Å². The third-order valence-corrected chi connectivity index (χ3v) is 6.02. The summed E-state index contributed by atoms with van der Waals surface area (Å²) in [5.74, 6) is -0.266. The highest BCUT2D eigenvalue weighted by Crippen LogP contribution is 2.32. The van der Waals surface area contributed by atoms with Crippen LogP contribution in [0.2, 0.25) is 10.0 Å². The number of imide groups is 1. The van der Waals surface area contributed by atoms with E-state index in [2.05, 4.69) is 10.3 Å². The second-order valence-electron chi connectivity index (χ2n) is 6.56. The fraction of sp³-hybridized carbons (Fsp3) is 0.143. The predicted octanol–water partition coefficient (Wildman–Crippen LogP) is 4.90. The fourth-order valence-electron chi connectivity index (χ4n) is 3.14. The highest BCUT2D eigenvalue weighted by molar-refractivity contribution is 8.18. The van der Waals surface area contributed by atoms with Gasteiger partial charge >= 0.3 is 5.97 Å². The Bertz CT molecular complexity index is 1250. The van der Waals surface area contributed by atoms with Gasteiger partial charge in [0.2, 0.25) is 0 Å². The van der Waals surface area contributed by atoms with Crippen LogP contribution in [0.5, 0.6) is 0 Å². The molecule has 158 valence electrons. The number of hydrogen-bond donors (Lipinski definition) is 1. The first-order chi connectivity index (χ1) is 14.9. The summed E-state index contributed by atoms with van der Waals surface area (Å²) in [6.45, 7) is 1.97. The zero-order valence-electron chi connectivity index (χ0n) is 16.1. The molecule has 0 bridgehead atoms. The highest BCUT2D eigenvalue weighted by atomic mass is 35.5. The van der Waals surface area contributed by atoms with Crippen molar-refractivity contribution < 1.29 is 19.1 Å². The van der Waals surface area contributed by atoms with E-state index in [1.54, 1.807) is 41.8 Å². The lowest BCUT2D eigenvalue weighted by Crippen LogP contribution is -2.17. The van der Waals surface area contributed by atoms with Crippen LogP contribution in [-0.2, 0) is 20.9 Å². The van der Waals surface area contributed by atoms with E-state index in [0.717, 1.165) is 22.9 Å². The molecular formula is C21H15Cl2N3O4S. The molecule has 0 spiro atoms. The van der Waals surface area contributed by atoms with E-state index in [9.17, 15) is 14.4 Å². The third-order valence-electron chi connectivity index (χ3n) is 4.49. The van der Waals surface area contributed by atoms with E-state index >= 15 is 0 Å². The number of hydrogen-bond acceptors (Lipinski definition) is 6. The number of rotatable bonds is 5. The molecule has 0 radical (unpaired) electrons. The molecular weight excluding hydrogens is 461 g/mol. The first-order valence-corrected chi connectivity index (χ1v) is 10.8. The minimum atomic E-state index is -0.413. The topological polar surface area (TPSA) is 90.3 Å². The first-order valence-electron chi connectivity index (χ1n) is 9.22. The van der Waals surface area contributed by atoms with Gasteiger partial charge in [-0.15, -0.1) is 0 Å². The van der Waals surface area contributed by atoms with Gasteiger partial charge in [-0.25, -0.2) is 4.98 Å². The lowest BCUT2D eigenvalue weighted by Gasteiger charge is -2.09.